The van der Waals surface area contributed by atoms with E-state index in [2.05, 4.69) is 17.4 Å². The van der Waals surface area contributed by atoms with Crippen LogP contribution in [0.15, 0.2) is 77.6 Å². The van der Waals surface area contributed by atoms with Crippen LogP contribution >= 0.6 is 0 Å². The highest BCUT2D eigenvalue weighted by Crippen LogP contribution is 2.24. The molecule has 5 nitrogen and oxygen atoms in total. The number of aromatic nitrogens is 2. The van der Waals surface area contributed by atoms with E-state index in [0.717, 1.165) is 42.6 Å². The van der Waals surface area contributed by atoms with Gasteiger partial charge >= 0.3 is 0 Å². The summed E-state index contributed by atoms with van der Waals surface area (Å²) < 4.78 is 1.80. The van der Waals surface area contributed by atoms with Crippen LogP contribution in [0, 0.1) is 6.92 Å². The molecule has 1 aliphatic heterocycles. The van der Waals surface area contributed by atoms with Gasteiger partial charge in [0.2, 0.25) is 0 Å². The molecule has 1 amide bonds. The van der Waals surface area contributed by atoms with Crippen molar-refractivity contribution in [3.63, 3.8) is 0 Å². The highest BCUT2D eigenvalue weighted by Gasteiger charge is 2.19. The van der Waals surface area contributed by atoms with E-state index in [9.17, 15) is 9.59 Å². The van der Waals surface area contributed by atoms with Crippen LogP contribution in [0.3, 0.4) is 0 Å². The van der Waals surface area contributed by atoms with Crippen LogP contribution < -0.4 is 10.9 Å². The first-order valence-corrected chi connectivity index (χ1v) is 11.6. The quantitative estimate of drug-likeness (QED) is 0.491. The summed E-state index contributed by atoms with van der Waals surface area (Å²) in [5.74, 6) is 0.632. The minimum Gasteiger partial charge on any atom is -0.341 e. The summed E-state index contributed by atoms with van der Waals surface area (Å²) >= 11 is 0. The monoisotopic (exact) mass is 437 g/mol. The molecule has 0 saturated heterocycles. The molecular formula is C28H27N3O2. The summed E-state index contributed by atoms with van der Waals surface area (Å²) in [6.07, 6.45) is 3.94. The Balaban J connectivity index is 1.50. The molecule has 5 rings (SSSR count). The van der Waals surface area contributed by atoms with Crippen LogP contribution in [0.25, 0.3) is 10.9 Å². The molecule has 0 saturated carbocycles. The normalized spacial score (nSPS) is 14.3. The summed E-state index contributed by atoms with van der Waals surface area (Å²) in [5, 5.41) is 3.75. The molecule has 0 spiro atoms. The van der Waals surface area contributed by atoms with E-state index in [-0.39, 0.29) is 17.5 Å². The lowest BCUT2D eigenvalue weighted by Gasteiger charge is -2.20. The molecular weight excluding hydrogens is 410 g/mol. The predicted octanol–water partition coefficient (Wildman–Crippen LogP) is 4.95. The lowest BCUT2D eigenvalue weighted by Crippen LogP contribution is -2.29. The van der Waals surface area contributed by atoms with Crippen molar-refractivity contribution in [2.24, 2.45) is 0 Å². The van der Waals surface area contributed by atoms with E-state index in [4.69, 9.17) is 4.98 Å². The lowest BCUT2D eigenvalue weighted by atomic mass is 9.97. The molecule has 1 aliphatic rings. The molecule has 1 aromatic heterocycles. The molecule has 1 unspecified atom stereocenters. The smallest absolute Gasteiger partial charge is 0.261 e. The van der Waals surface area contributed by atoms with Crippen molar-refractivity contribution in [1.82, 2.24) is 14.9 Å². The Morgan fingerprint density at radius 3 is 2.48 bits per heavy atom. The second-order valence-corrected chi connectivity index (χ2v) is 8.76. The molecule has 0 bridgehead atoms. The minimum atomic E-state index is -0.277. The molecule has 1 N–H and O–H groups in total. The zero-order valence-electron chi connectivity index (χ0n) is 18.8. The fourth-order valence-electron chi connectivity index (χ4n) is 4.54. The van der Waals surface area contributed by atoms with Crippen molar-refractivity contribution >= 4 is 16.8 Å². The minimum absolute atomic E-state index is 0.00863. The second kappa shape index (κ2) is 9.02. The fourth-order valence-corrected chi connectivity index (χ4v) is 4.54. The third-order valence-electron chi connectivity index (χ3n) is 6.40. The Bertz CT molecular complexity index is 1360. The van der Waals surface area contributed by atoms with Gasteiger partial charge in [-0.1, -0.05) is 66.6 Å². The SMILES string of the molecule is Cc1ccc(C(NC(=O)c2ccc3c(=O)n4c(nc3c2)CCCCC4)c2ccccc2)cc1. The highest BCUT2D eigenvalue weighted by molar-refractivity contribution is 5.98. The lowest BCUT2D eigenvalue weighted by molar-refractivity contribution is 0.0943. The van der Waals surface area contributed by atoms with E-state index in [1.54, 1.807) is 22.8 Å². The Morgan fingerprint density at radius 1 is 0.939 bits per heavy atom. The number of hydrogen-bond acceptors (Lipinski definition) is 3. The van der Waals surface area contributed by atoms with Gasteiger partial charge in [-0.25, -0.2) is 4.98 Å². The molecule has 33 heavy (non-hydrogen) atoms. The number of aryl methyl sites for hydroxylation is 2. The van der Waals surface area contributed by atoms with Gasteiger partial charge in [-0.15, -0.1) is 0 Å². The van der Waals surface area contributed by atoms with Crippen molar-refractivity contribution in [3.8, 4) is 0 Å². The maximum absolute atomic E-state index is 13.3. The van der Waals surface area contributed by atoms with Crippen LogP contribution in [0.2, 0.25) is 0 Å². The first-order valence-electron chi connectivity index (χ1n) is 11.6. The maximum Gasteiger partial charge on any atom is 0.261 e. The number of fused-ring (bicyclic) bond motifs is 2. The standard InChI is InChI=1S/C28H27N3O2/c1-19-11-13-21(14-12-19)26(20-8-4-2-5-9-20)30-27(32)22-15-16-23-24(18-22)29-25-10-6-3-7-17-31(25)28(23)33/h2,4-5,8-9,11-16,18,26H,3,6-7,10,17H2,1H3,(H,30,32). The Hall–Kier alpha value is -3.73. The molecule has 166 valence electrons. The van der Waals surface area contributed by atoms with Gasteiger partial charge in [-0.05, 0) is 49.1 Å². The number of carbonyl (C=O) groups excluding carboxylic acids is 1. The van der Waals surface area contributed by atoms with Crippen molar-refractivity contribution < 1.29 is 4.79 Å². The summed E-state index contributed by atoms with van der Waals surface area (Å²) in [5.41, 5.74) is 4.28. The van der Waals surface area contributed by atoms with Gasteiger partial charge in [-0.2, -0.15) is 0 Å². The fraction of sp³-hybridized carbons (Fsp3) is 0.250. The Kier molecular flexibility index (Phi) is 5.78. The van der Waals surface area contributed by atoms with Crippen molar-refractivity contribution in [2.45, 2.75) is 45.2 Å². The molecule has 2 heterocycles. The van der Waals surface area contributed by atoms with Crippen molar-refractivity contribution in [3.05, 3.63) is 111 Å². The van der Waals surface area contributed by atoms with Crippen LogP contribution in [0.1, 0.15) is 58.2 Å². The van der Waals surface area contributed by atoms with Crippen LogP contribution in [-0.4, -0.2) is 15.5 Å². The third kappa shape index (κ3) is 4.31. The molecule has 1 atom stereocenters. The number of amides is 1. The van der Waals surface area contributed by atoms with Crippen molar-refractivity contribution in [2.75, 3.05) is 0 Å². The molecule has 4 aromatic rings. The molecule has 3 aromatic carbocycles. The largest absolute Gasteiger partial charge is 0.341 e. The highest BCUT2D eigenvalue weighted by atomic mass is 16.1. The van der Waals surface area contributed by atoms with Crippen LogP contribution in [-0.2, 0) is 13.0 Å². The number of benzene rings is 3. The second-order valence-electron chi connectivity index (χ2n) is 8.76. The van der Waals surface area contributed by atoms with Gasteiger partial charge in [0.25, 0.3) is 11.5 Å². The summed E-state index contributed by atoms with van der Waals surface area (Å²) in [6, 6.07) is 23.1. The van der Waals surface area contributed by atoms with E-state index in [1.807, 2.05) is 49.4 Å². The molecule has 0 radical (unpaired) electrons. The van der Waals surface area contributed by atoms with Gasteiger partial charge < -0.3 is 5.32 Å². The average Bonchev–Trinajstić information content (AvgIpc) is 3.09. The number of rotatable bonds is 4. The molecule has 0 fully saturated rings. The topological polar surface area (TPSA) is 64.0 Å². The van der Waals surface area contributed by atoms with Gasteiger partial charge in [0.05, 0.1) is 16.9 Å². The summed E-state index contributed by atoms with van der Waals surface area (Å²) in [7, 11) is 0. The zero-order valence-corrected chi connectivity index (χ0v) is 18.8. The van der Waals surface area contributed by atoms with E-state index < -0.39 is 0 Å². The first-order chi connectivity index (χ1) is 16.1. The Labute approximate surface area is 193 Å². The maximum atomic E-state index is 13.3. The average molecular weight is 438 g/mol. The van der Waals surface area contributed by atoms with E-state index >= 15 is 0 Å². The van der Waals surface area contributed by atoms with Crippen LogP contribution in [0.5, 0.6) is 0 Å². The van der Waals surface area contributed by atoms with Gasteiger partial charge in [0, 0.05) is 18.5 Å². The summed E-state index contributed by atoms with van der Waals surface area (Å²) in [6.45, 7) is 2.76. The molecule has 0 aliphatic carbocycles. The third-order valence-corrected chi connectivity index (χ3v) is 6.40. The van der Waals surface area contributed by atoms with Gasteiger partial charge in [0.15, 0.2) is 0 Å². The van der Waals surface area contributed by atoms with Crippen LogP contribution in [0.4, 0.5) is 0 Å². The Morgan fingerprint density at radius 2 is 1.70 bits per heavy atom. The van der Waals surface area contributed by atoms with E-state index in [1.165, 1.54) is 5.56 Å². The number of nitrogens with one attached hydrogen (secondary N) is 1. The van der Waals surface area contributed by atoms with E-state index in [0.29, 0.717) is 23.0 Å². The first kappa shape index (κ1) is 21.1. The summed E-state index contributed by atoms with van der Waals surface area (Å²) in [4.78, 5) is 31.1. The predicted molar refractivity (Wildman–Crippen MR) is 130 cm³/mol. The number of hydrogen-bond donors (Lipinski definition) is 1. The number of carbonyl (C=O) groups is 1. The number of nitrogens with zero attached hydrogens (tertiary/aromatic N) is 2. The van der Waals surface area contributed by atoms with Gasteiger partial charge in [-0.3, -0.25) is 14.2 Å². The van der Waals surface area contributed by atoms with Crippen molar-refractivity contribution in [1.29, 1.82) is 0 Å². The zero-order chi connectivity index (χ0) is 22.8. The van der Waals surface area contributed by atoms with Gasteiger partial charge in [0.1, 0.15) is 5.82 Å². The molecule has 5 heteroatoms.